The Morgan fingerprint density at radius 1 is 1.36 bits per heavy atom. The molecule has 3 rings (SSSR count). The van der Waals surface area contributed by atoms with Crippen LogP contribution in [0.2, 0.25) is 0 Å². The Bertz CT molecular complexity index is 939. The number of aryl methyl sites for hydroxylation is 1. The highest BCUT2D eigenvalue weighted by Crippen LogP contribution is 2.29. The summed E-state index contributed by atoms with van der Waals surface area (Å²) in [6.07, 6.45) is 1.67. The van der Waals surface area contributed by atoms with Gasteiger partial charge in [-0.2, -0.15) is 4.31 Å². The molecule has 9 nitrogen and oxygen atoms in total. The Kier molecular flexibility index (Phi) is 6.57. The Morgan fingerprint density at radius 3 is 2.75 bits per heavy atom. The largest absolute Gasteiger partial charge is 0.495 e. The van der Waals surface area contributed by atoms with E-state index in [1.54, 1.807) is 6.07 Å². The molecule has 0 atom stereocenters. The van der Waals surface area contributed by atoms with Gasteiger partial charge < -0.3 is 10.1 Å². The molecule has 2 heterocycles. The van der Waals surface area contributed by atoms with Crippen LogP contribution in [0.5, 0.6) is 5.75 Å². The van der Waals surface area contributed by atoms with Gasteiger partial charge in [0.05, 0.1) is 7.11 Å². The quantitative estimate of drug-likeness (QED) is 0.485. The fourth-order valence-electron chi connectivity index (χ4n) is 2.88. The SMILES string of the molecule is COc1ccc(C(=O)NCCSc2n[nH]c(C)n2)cc1S(=O)(=O)N1CCCC1. The highest BCUT2D eigenvalue weighted by molar-refractivity contribution is 7.99. The Morgan fingerprint density at radius 2 is 2.11 bits per heavy atom. The van der Waals surface area contributed by atoms with E-state index < -0.39 is 10.0 Å². The standard InChI is InChI=1S/C17H23N5O4S2/c1-12-19-17(21-20-12)27-10-7-18-16(23)13-5-6-14(26-2)15(11-13)28(24,25)22-8-3-4-9-22/h5-6,11H,3-4,7-10H2,1-2H3,(H,18,23)(H,19,20,21). The minimum atomic E-state index is -3.69. The molecule has 1 saturated heterocycles. The average Bonchev–Trinajstić information content (AvgIpc) is 3.36. The van der Waals surface area contributed by atoms with Crippen molar-refractivity contribution in [1.29, 1.82) is 0 Å². The molecule has 28 heavy (non-hydrogen) atoms. The molecule has 1 amide bonds. The van der Waals surface area contributed by atoms with E-state index in [0.717, 1.165) is 18.7 Å². The van der Waals surface area contributed by atoms with E-state index in [9.17, 15) is 13.2 Å². The van der Waals surface area contributed by atoms with Gasteiger partial charge in [-0.15, -0.1) is 5.10 Å². The minimum absolute atomic E-state index is 0.0233. The molecule has 0 spiro atoms. The van der Waals surface area contributed by atoms with E-state index in [0.29, 0.717) is 30.5 Å². The number of benzene rings is 1. The van der Waals surface area contributed by atoms with Crippen LogP contribution in [0, 0.1) is 6.92 Å². The van der Waals surface area contributed by atoms with Crippen LogP contribution >= 0.6 is 11.8 Å². The highest BCUT2D eigenvalue weighted by atomic mass is 32.2. The number of thioether (sulfide) groups is 1. The minimum Gasteiger partial charge on any atom is -0.495 e. The lowest BCUT2D eigenvalue weighted by Gasteiger charge is -2.18. The number of carbonyl (C=O) groups is 1. The maximum absolute atomic E-state index is 12.9. The summed E-state index contributed by atoms with van der Waals surface area (Å²) in [6.45, 7) is 3.19. The van der Waals surface area contributed by atoms with Crippen molar-refractivity contribution >= 4 is 27.7 Å². The smallest absolute Gasteiger partial charge is 0.251 e. The van der Waals surface area contributed by atoms with Crippen molar-refractivity contribution in [2.45, 2.75) is 29.8 Å². The van der Waals surface area contributed by atoms with Gasteiger partial charge in [-0.25, -0.2) is 13.4 Å². The van der Waals surface area contributed by atoms with Crippen molar-refractivity contribution in [2.24, 2.45) is 0 Å². The van der Waals surface area contributed by atoms with Gasteiger partial charge in [-0.1, -0.05) is 11.8 Å². The van der Waals surface area contributed by atoms with Gasteiger partial charge in [0.2, 0.25) is 15.2 Å². The summed E-state index contributed by atoms with van der Waals surface area (Å²) in [7, 11) is -2.28. The first-order valence-electron chi connectivity index (χ1n) is 8.90. The number of ether oxygens (including phenoxy) is 1. The zero-order chi connectivity index (χ0) is 20.1. The lowest BCUT2D eigenvalue weighted by atomic mass is 10.2. The number of hydrogen-bond donors (Lipinski definition) is 2. The summed E-state index contributed by atoms with van der Waals surface area (Å²) in [5.74, 6) is 1.22. The Labute approximate surface area is 168 Å². The summed E-state index contributed by atoms with van der Waals surface area (Å²) in [6, 6.07) is 4.46. The molecule has 0 saturated carbocycles. The molecule has 0 radical (unpaired) electrons. The molecule has 152 valence electrons. The van der Waals surface area contributed by atoms with Gasteiger partial charge in [0, 0.05) is 31.0 Å². The number of aromatic nitrogens is 3. The number of carbonyl (C=O) groups excluding carboxylic acids is 1. The fourth-order valence-corrected chi connectivity index (χ4v) is 5.28. The summed E-state index contributed by atoms with van der Waals surface area (Å²) in [5.41, 5.74) is 0.275. The summed E-state index contributed by atoms with van der Waals surface area (Å²) >= 11 is 1.42. The lowest BCUT2D eigenvalue weighted by molar-refractivity contribution is 0.0956. The van der Waals surface area contributed by atoms with E-state index in [1.807, 2.05) is 6.92 Å². The van der Waals surface area contributed by atoms with Gasteiger partial charge in [-0.05, 0) is 38.0 Å². The molecule has 2 N–H and O–H groups in total. The number of aromatic amines is 1. The third-order valence-corrected chi connectivity index (χ3v) is 7.07. The van der Waals surface area contributed by atoms with Crippen LogP contribution in [-0.4, -0.2) is 66.3 Å². The van der Waals surface area contributed by atoms with E-state index in [2.05, 4.69) is 20.5 Å². The second-order valence-electron chi connectivity index (χ2n) is 6.28. The molecular weight excluding hydrogens is 402 g/mol. The zero-order valence-corrected chi connectivity index (χ0v) is 17.4. The van der Waals surface area contributed by atoms with E-state index in [1.165, 1.54) is 35.3 Å². The summed E-state index contributed by atoms with van der Waals surface area (Å²) in [4.78, 5) is 16.7. The molecule has 11 heteroatoms. The average molecular weight is 426 g/mol. The zero-order valence-electron chi connectivity index (χ0n) is 15.8. The number of sulfonamides is 1. The van der Waals surface area contributed by atoms with E-state index in [4.69, 9.17) is 4.74 Å². The molecule has 2 aromatic rings. The van der Waals surface area contributed by atoms with Crippen molar-refractivity contribution < 1.29 is 17.9 Å². The first-order chi connectivity index (χ1) is 13.4. The van der Waals surface area contributed by atoms with E-state index in [-0.39, 0.29) is 22.1 Å². The van der Waals surface area contributed by atoms with Crippen LogP contribution in [0.3, 0.4) is 0 Å². The number of amides is 1. The fraction of sp³-hybridized carbons (Fsp3) is 0.471. The Hall–Kier alpha value is -2.11. The predicted molar refractivity (Wildman–Crippen MR) is 105 cm³/mol. The number of rotatable bonds is 8. The van der Waals surface area contributed by atoms with Gasteiger partial charge in [0.1, 0.15) is 16.5 Å². The molecule has 0 aliphatic carbocycles. The number of H-pyrrole nitrogens is 1. The van der Waals surface area contributed by atoms with Crippen LogP contribution in [0.15, 0.2) is 28.3 Å². The third kappa shape index (κ3) is 4.65. The second-order valence-corrected chi connectivity index (χ2v) is 9.25. The van der Waals surface area contributed by atoms with Gasteiger partial charge in [0.15, 0.2) is 0 Å². The molecule has 0 unspecified atom stereocenters. The summed E-state index contributed by atoms with van der Waals surface area (Å²) in [5, 5.41) is 10.2. The molecule has 1 aromatic carbocycles. The van der Waals surface area contributed by atoms with Gasteiger partial charge >= 0.3 is 0 Å². The highest BCUT2D eigenvalue weighted by Gasteiger charge is 2.30. The van der Waals surface area contributed by atoms with Crippen LogP contribution in [0.4, 0.5) is 0 Å². The third-order valence-electron chi connectivity index (χ3n) is 4.30. The normalized spacial score (nSPS) is 14.9. The first kappa shape index (κ1) is 20.6. The molecule has 1 aliphatic heterocycles. The predicted octanol–water partition coefficient (Wildman–Crippen LogP) is 1.43. The van der Waals surface area contributed by atoms with Gasteiger partial charge in [0.25, 0.3) is 5.91 Å². The van der Waals surface area contributed by atoms with Crippen LogP contribution in [0.25, 0.3) is 0 Å². The molecule has 1 aromatic heterocycles. The molecular formula is C17H23N5O4S2. The van der Waals surface area contributed by atoms with E-state index >= 15 is 0 Å². The second kappa shape index (κ2) is 8.93. The van der Waals surface area contributed by atoms with Crippen molar-refractivity contribution in [3.63, 3.8) is 0 Å². The molecule has 1 fully saturated rings. The maximum atomic E-state index is 12.9. The Balaban J connectivity index is 1.67. The molecule has 1 aliphatic rings. The maximum Gasteiger partial charge on any atom is 0.251 e. The van der Waals surface area contributed by atoms with Crippen molar-refractivity contribution in [1.82, 2.24) is 24.8 Å². The number of hydrogen-bond acceptors (Lipinski definition) is 7. The van der Waals surface area contributed by atoms with Crippen LogP contribution in [0.1, 0.15) is 29.0 Å². The lowest BCUT2D eigenvalue weighted by Crippen LogP contribution is -2.29. The van der Waals surface area contributed by atoms with Crippen molar-refractivity contribution in [2.75, 3.05) is 32.5 Å². The van der Waals surface area contributed by atoms with Crippen molar-refractivity contribution in [3.8, 4) is 5.75 Å². The number of nitrogens with zero attached hydrogens (tertiary/aromatic N) is 3. The van der Waals surface area contributed by atoms with Crippen LogP contribution in [-0.2, 0) is 10.0 Å². The summed E-state index contributed by atoms with van der Waals surface area (Å²) < 4.78 is 32.5. The van der Waals surface area contributed by atoms with Crippen LogP contribution < -0.4 is 10.1 Å². The van der Waals surface area contributed by atoms with Gasteiger partial charge in [-0.3, -0.25) is 9.89 Å². The monoisotopic (exact) mass is 425 g/mol. The van der Waals surface area contributed by atoms with Crippen molar-refractivity contribution in [3.05, 3.63) is 29.6 Å². The molecule has 0 bridgehead atoms. The number of nitrogens with one attached hydrogen (secondary N) is 2. The topological polar surface area (TPSA) is 117 Å². The first-order valence-corrected chi connectivity index (χ1v) is 11.3. The number of methoxy groups -OCH3 is 1.